The Labute approximate surface area is 119 Å². The lowest BCUT2D eigenvalue weighted by molar-refractivity contribution is -0.141. The fourth-order valence-electron chi connectivity index (χ4n) is 1.72. The highest BCUT2D eigenvalue weighted by Crippen LogP contribution is 2.31. The first-order valence-corrected chi connectivity index (χ1v) is 6.37. The summed E-state index contributed by atoms with van der Waals surface area (Å²) in [7, 11) is 0. The molecule has 0 unspecified atom stereocenters. The van der Waals surface area contributed by atoms with Crippen LogP contribution in [0.25, 0.3) is 11.3 Å². The van der Waals surface area contributed by atoms with Crippen molar-refractivity contribution in [2.75, 3.05) is 11.9 Å². The van der Waals surface area contributed by atoms with Gasteiger partial charge in [-0.25, -0.2) is 14.4 Å². The van der Waals surface area contributed by atoms with Crippen LogP contribution in [0.4, 0.5) is 23.5 Å². The predicted octanol–water partition coefficient (Wildman–Crippen LogP) is 4.12. The molecule has 0 amide bonds. The highest BCUT2D eigenvalue weighted by Gasteiger charge is 2.34. The number of hydrogen-bond donors (Lipinski definition) is 1. The lowest BCUT2D eigenvalue weighted by Crippen LogP contribution is -2.13. The zero-order valence-corrected chi connectivity index (χ0v) is 11.2. The summed E-state index contributed by atoms with van der Waals surface area (Å²) in [5, 5.41) is 2.69. The number of rotatable bonds is 4. The van der Waals surface area contributed by atoms with E-state index in [0.717, 1.165) is 6.07 Å². The fraction of sp³-hybridized carbons (Fsp3) is 0.286. The Kier molecular flexibility index (Phi) is 4.40. The molecular formula is C14H13F4N3. The van der Waals surface area contributed by atoms with Gasteiger partial charge in [-0.15, -0.1) is 0 Å². The average molecular weight is 299 g/mol. The van der Waals surface area contributed by atoms with Crippen molar-refractivity contribution in [1.82, 2.24) is 9.97 Å². The molecule has 0 atom stereocenters. The molecule has 0 aliphatic heterocycles. The molecule has 1 N–H and O–H groups in total. The highest BCUT2D eigenvalue weighted by molar-refractivity contribution is 5.61. The molecule has 7 heteroatoms. The second-order valence-electron chi connectivity index (χ2n) is 4.37. The minimum Gasteiger partial charge on any atom is -0.354 e. The summed E-state index contributed by atoms with van der Waals surface area (Å²) in [5.41, 5.74) is -1.20. The van der Waals surface area contributed by atoms with Crippen LogP contribution in [0.5, 0.6) is 0 Å². The molecule has 1 heterocycles. The molecule has 0 bridgehead atoms. The fourth-order valence-corrected chi connectivity index (χ4v) is 1.72. The van der Waals surface area contributed by atoms with Crippen molar-refractivity contribution >= 4 is 5.95 Å². The Hall–Kier alpha value is -2.18. The third kappa shape index (κ3) is 3.68. The van der Waals surface area contributed by atoms with Crippen LogP contribution in [-0.2, 0) is 6.18 Å². The molecule has 0 aliphatic carbocycles. The molecule has 2 rings (SSSR count). The third-order valence-corrected chi connectivity index (χ3v) is 2.70. The second-order valence-corrected chi connectivity index (χ2v) is 4.37. The minimum absolute atomic E-state index is 0.00458. The maximum atomic E-state index is 13.7. The molecule has 0 saturated carbocycles. The van der Waals surface area contributed by atoms with Crippen LogP contribution in [-0.4, -0.2) is 16.5 Å². The highest BCUT2D eigenvalue weighted by atomic mass is 19.4. The minimum atomic E-state index is -4.62. The van der Waals surface area contributed by atoms with E-state index in [0.29, 0.717) is 13.0 Å². The summed E-state index contributed by atoms with van der Waals surface area (Å²) in [5.74, 6) is -0.796. The van der Waals surface area contributed by atoms with E-state index in [1.165, 1.54) is 24.3 Å². The molecule has 0 radical (unpaired) electrons. The summed E-state index contributed by atoms with van der Waals surface area (Å²) in [6.45, 7) is 2.29. The molecule has 112 valence electrons. The lowest BCUT2D eigenvalue weighted by atomic mass is 10.1. The molecule has 0 spiro atoms. The second kappa shape index (κ2) is 6.07. The number of benzene rings is 1. The number of hydrogen-bond acceptors (Lipinski definition) is 3. The van der Waals surface area contributed by atoms with Gasteiger partial charge in [-0.2, -0.15) is 13.2 Å². The van der Waals surface area contributed by atoms with Crippen molar-refractivity contribution in [1.29, 1.82) is 0 Å². The molecular weight excluding hydrogens is 286 g/mol. The van der Waals surface area contributed by atoms with Crippen molar-refractivity contribution in [3.63, 3.8) is 0 Å². The van der Waals surface area contributed by atoms with Gasteiger partial charge in [-0.1, -0.05) is 19.1 Å². The van der Waals surface area contributed by atoms with Crippen LogP contribution in [0.3, 0.4) is 0 Å². The van der Waals surface area contributed by atoms with E-state index in [-0.39, 0.29) is 17.2 Å². The molecule has 3 nitrogen and oxygen atoms in total. The SMILES string of the molecule is CCCNc1nc(-c2ccccc2F)cc(C(F)(F)F)n1. The largest absolute Gasteiger partial charge is 0.433 e. The number of nitrogens with one attached hydrogen (secondary N) is 1. The van der Waals surface area contributed by atoms with Gasteiger partial charge in [0.2, 0.25) is 5.95 Å². The first-order chi connectivity index (χ1) is 9.91. The zero-order chi connectivity index (χ0) is 15.5. The van der Waals surface area contributed by atoms with Crippen LogP contribution in [0.1, 0.15) is 19.0 Å². The zero-order valence-electron chi connectivity index (χ0n) is 11.2. The Morgan fingerprint density at radius 3 is 2.48 bits per heavy atom. The van der Waals surface area contributed by atoms with E-state index < -0.39 is 17.7 Å². The van der Waals surface area contributed by atoms with Crippen LogP contribution >= 0.6 is 0 Å². The maximum Gasteiger partial charge on any atom is 0.433 e. The van der Waals surface area contributed by atoms with Gasteiger partial charge in [-0.05, 0) is 24.6 Å². The van der Waals surface area contributed by atoms with Gasteiger partial charge in [0.1, 0.15) is 5.82 Å². The predicted molar refractivity (Wildman–Crippen MR) is 71.2 cm³/mol. The van der Waals surface area contributed by atoms with E-state index in [4.69, 9.17) is 0 Å². The van der Waals surface area contributed by atoms with E-state index in [9.17, 15) is 17.6 Å². The summed E-state index contributed by atoms with van der Waals surface area (Å²) >= 11 is 0. The quantitative estimate of drug-likeness (QED) is 0.863. The number of anilines is 1. The molecule has 1 aromatic heterocycles. The molecule has 0 fully saturated rings. The first kappa shape index (κ1) is 15.2. The van der Waals surface area contributed by atoms with Crippen LogP contribution in [0.2, 0.25) is 0 Å². The van der Waals surface area contributed by atoms with Gasteiger partial charge >= 0.3 is 6.18 Å². The van der Waals surface area contributed by atoms with Gasteiger partial charge in [0, 0.05) is 12.1 Å². The van der Waals surface area contributed by atoms with Gasteiger partial charge in [-0.3, -0.25) is 0 Å². The monoisotopic (exact) mass is 299 g/mol. The Morgan fingerprint density at radius 1 is 1.14 bits per heavy atom. The Morgan fingerprint density at radius 2 is 1.86 bits per heavy atom. The number of alkyl halides is 3. The third-order valence-electron chi connectivity index (χ3n) is 2.70. The summed E-state index contributed by atoms with van der Waals surface area (Å²) in [4.78, 5) is 7.38. The molecule has 21 heavy (non-hydrogen) atoms. The van der Waals surface area contributed by atoms with Crippen molar-refractivity contribution in [3.8, 4) is 11.3 Å². The van der Waals surface area contributed by atoms with Gasteiger partial charge in [0.25, 0.3) is 0 Å². The maximum absolute atomic E-state index is 13.7. The number of aromatic nitrogens is 2. The van der Waals surface area contributed by atoms with Gasteiger partial charge in [0.05, 0.1) is 5.69 Å². The molecule has 2 aromatic rings. The van der Waals surface area contributed by atoms with Gasteiger partial charge < -0.3 is 5.32 Å². The average Bonchev–Trinajstić information content (AvgIpc) is 2.44. The standard InChI is InChI=1S/C14H13F4N3/c1-2-7-19-13-20-11(8-12(21-13)14(16,17)18)9-5-3-4-6-10(9)15/h3-6,8H,2,7H2,1H3,(H,19,20,21). The van der Waals surface area contributed by atoms with Crippen molar-refractivity contribution in [3.05, 3.63) is 41.8 Å². The summed E-state index contributed by atoms with van der Waals surface area (Å²) < 4.78 is 52.3. The normalized spacial score (nSPS) is 11.5. The smallest absolute Gasteiger partial charge is 0.354 e. The van der Waals surface area contributed by atoms with Crippen molar-refractivity contribution in [2.45, 2.75) is 19.5 Å². The van der Waals surface area contributed by atoms with E-state index in [1.54, 1.807) is 0 Å². The summed E-state index contributed by atoms with van der Waals surface area (Å²) in [6, 6.07) is 6.29. The number of halogens is 4. The van der Waals surface area contributed by atoms with E-state index in [2.05, 4.69) is 15.3 Å². The van der Waals surface area contributed by atoms with Crippen molar-refractivity contribution in [2.24, 2.45) is 0 Å². The van der Waals surface area contributed by atoms with Gasteiger partial charge in [0.15, 0.2) is 5.69 Å². The Balaban J connectivity index is 2.52. The van der Waals surface area contributed by atoms with Crippen LogP contribution in [0.15, 0.2) is 30.3 Å². The number of nitrogens with zero attached hydrogens (tertiary/aromatic N) is 2. The van der Waals surface area contributed by atoms with E-state index >= 15 is 0 Å². The Bertz CT molecular complexity index is 626. The lowest BCUT2D eigenvalue weighted by Gasteiger charge is -2.11. The van der Waals surface area contributed by atoms with Crippen LogP contribution < -0.4 is 5.32 Å². The summed E-state index contributed by atoms with van der Waals surface area (Å²) in [6.07, 6.45) is -3.92. The molecule has 0 saturated heterocycles. The van der Waals surface area contributed by atoms with Crippen LogP contribution in [0, 0.1) is 5.82 Å². The topological polar surface area (TPSA) is 37.8 Å². The van der Waals surface area contributed by atoms with Crippen molar-refractivity contribution < 1.29 is 17.6 Å². The van der Waals surface area contributed by atoms with E-state index in [1.807, 2.05) is 6.92 Å². The first-order valence-electron chi connectivity index (χ1n) is 6.37. The molecule has 0 aliphatic rings. The molecule has 1 aromatic carbocycles.